The molecule has 0 radical (unpaired) electrons. The highest BCUT2D eigenvalue weighted by Gasteiger charge is 2.15. The predicted molar refractivity (Wildman–Crippen MR) is 127 cm³/mol. The van der Waals surface area contributed by atoms with Crippen molar-refractivity contribution in [2.75, 3.05) is 5.32 Å². The van der Waals surface area contributed by atoms with Crippen LogP contribution in [0.4, 0.5) is 5.69 Å². The first-order chi connectivity index (χ1) is 14.9. The van der Waals surface area contributed by atoms with Gasteiger partial charge in [0.05, 0.1) is 10.7 Å². The van der Waals surface area contributed by atoms with Crippen molar-refractivity contribution in [2.24, 2.45) is 0 Å². The number of amides is 1. The second-order valence-electron chi connectivity index (χ2n) is 8.02. The zero-order valence-corrected chi connectivity index (χ0v) is 18.9. The molecular formula is C26H25ClN2O2. The number of nitrogens with one attached hydrogen (secondary N) is 1. The average molecular weight is 433 g/mol. The smallest absolute Gasteiger partial charge is 0.255 e. The van der Waals surface area contributed by atoms with Gasteiger partial charge in [-0.05, 0) is 73.7 Å². The molecule has 31 heavy (non-hydrogen) atoms. The number of aromatic nitrogens is 1. The SMILES string of the molecule is CC[C@@H](C)c1ccc2oc(-c3ccc(Cl)c(NC(=O)c4ccc(C)cc4C)c3)nc2c1. The summed E-state index contributed by atoms with van der Waals surface area (Å²) in [6.07, 6.45) is 1.07. The molecule has 1 atom stereocenters. The summed E-state index contributed by atoms with van der Waals surface area (Å²) < 4.78 is 5.97. The van der Waals surface area contributed by atoms with E-state index in [0.717, 1.165) is 34.2 Å². The van der Waals surface area contributed by atoms with Crippen molar-refractivity contribution in [2.45, 2.75) is 40.0 Å². The Bertz CT molecular complexity index is 1280. The van der Waals surface area contributed by atoms with Crippen LogP contribution in [0, 0.1) is 13.8 Å². The molecule has 0 saturated carbocycles. The lowest BCUT2D eigenvalue weighted by Crippen LogP contribution is -2.13. The number of carbonyl (C=O) groups is 1. The minimum Gasteiger partial charge on any atom is -0.436 e. The van der Waals surface area contributed by atoms with Crippen molar-refractivity contribution >= 4 is 34.3 Å². The molecule has 0 fully saturated rings. The van der Waals surface area contributed by atoms with E-state index < -0.39 is 0 Å². The van der Waals surface area contributed by atoms with Gasteiger partial charge in [-0.3, -0.25) is 4.79 Å². The summed E-state index contributed by atoms with van der Waals surface area (Å²) in [4.78, 5) is 17.5. The van der Waals surface area contributed by atoms with Gasteiger partial charge >= 0.3 is 0 Å². The molecule has 4 aromatic rings. The Morgan fingerprint density at radius 3 is 2.65 bits per heavy atom. The van der Waals surface area contributed by atoms with Gasteiger partial charge in [-0.25, -0.2) is 4.98 Å². The normalized spacial score (nSPS) is 12.2. The van der Waals surface area contributed by atoms with Crippen molar-refractivity contribution in [3.63, 3.8) is 0 Å². The Balaban J connectivity index is 1.65. The van der Waals surface area contributed by atoms with Gasteiger partial charge in [0.15, 0.2) is 5.58 Å². The topological polar surface area (TPSA) is 55.1 Å². The van der Waals surface area contributed by atoms with Crippen LogP contribution >= 0.6 is 11.6 Å². The summed E-state index contributed by atoms with van der Waals surface area (Å²) in [6.45, 7) is 8.30. The highest BCUT2D eigenvalue weighted by molar-refractivity contribution is 6.34. The number of rotatable bonds is 5. The summed E-state index contributed by atoms with van der Waals surface area (Å²) in [5.74, 6) is 0.759. The number of halogens is 1. The molecule has 4 rings (SSSR count). The Morgan fingerprint density at radius 1 is 1.10 bits per heavy atom. The Labute approximate surface area is 187 Å². The molecule has 5 heteroatoms. The van der Waals surface area contributed by atoms with Gasteiger partial charge in [-0.1, -0.05) is 49.2 Å². The fourth-order valence-electron chi connectivity index (χ4n) is 3.62. The maximum atomic E-state index is 12.8. The number of hydrogen-bond donors (Lipinski definition) is 1. The second kappa shape index (κ2) is 8.56. The van der Waals surface area contributed by atoms with Crippen molar-refractivity contribution in [3.05, 3.63) is 81.9 Å². The zero-order chi connectivity index (χ0) is 22.1. The van der Waals surface area contributed by atoms with Crippen LogP contribution in [-0.2, 0) is 0 Å². The summed E-state index contributed by atoms with van der Waals surface area (Å²) >= 11 is 6.36. The molecule has 0 aliphatic carbocycles. The second-order valence-corrected chi connectivity index (χ2v) is 8.43. The van der Waals surface area contributed by atoms with Crippen LogP contribution in [0.25, 0.3) is 22.6 Å². The molecule has 1 aromatic heterocycles. The van der Waals surface area contributed by atoms with Gasteiger partial charge in [0.25, 0.3) is 5.91 Å². The van der Waals surface area contributed by atoms with Crippen LogP contribution < -0.4 is 5.32 Å². The largest absolute Gasteiger partial charge is 0.436 e. The van der Waals surface area contributed by atoms with E-state index in [2.05, 4.69) is 36.3 Å². The van der Waals surface area contributed by atoms with Crippen LogP contribution in [0.5, 0.6) is 0 Å². The Hall–Kier alpha value is -3.11. The lowest BCUT2D eigenvalue weighted by Gasteiger charge is -2.10. The van der Waals surface area contributed by atoms with Gasteiger partial charge < -0.3 is 9.73 Å². The van der Waals surface area contributed by atoms with Gasteiger partial charge in [0.1, 0.15) is 5.52 Å². The maximum absolute atomic E-state index is 12.8. The van der Waals surface area contributed by atoms with E-state index in [4.69, 9.17) is 16.0 Å². The summed E-state index contributed by atoms with van der Waals surface area (Å²) in [5, 5.41) is 3.38. The van der Waals surface area contributed by atoms with Crippen molar-refractivity contribution in [3.8, 4) is 11.5 Å². The molecule has 0 saturated heterocycles. The van der Waals surface area contributed by atoms with Gasteiger partial charge in [-0.15, -0.1) is 0 Å². The molecular weight excluding hydrogens is 408 g/mol. The van der Waals surface area contributed by atoms with Gasteiger partial charge in [-0.2, -0.15) is 0 Å². The van der Waals surface area contributed by atoms with Crippen LogP contribution in [-0.4, -0.2) is 10.9 Å². The quantitative estimate of drug-likeness (QED) is 0.354. The minimum atomic E-state index is -0.202. The first-order valence-electron chi connectivity index (χ1n) is 10.4. The molecule has 0 aliphatic heterocycles. The summed E-state index contributed by atoms with van der Waals surface area (Å²) in [5.41, 5.74) is 6.72. The van der Waals surface area contributed by atoms with E-state index in [-0.39, 0.29) is 5.91 Å². The first kappa shape index (κ1) is 21.1. The number of benzene rings is 3. The number of carbonyl (C=O) groups excluding carboxylic acids is 1. The number of fused-ring (bicyclic) bond motifs is 1. The third-order valence-corrected chi connectivity index (χ3v) is 6.01. The molecule has 4 nitrogen and oxygen atoms in total. The summed E-state index contributed by atoms with van der Waals surface area (Å²) in [7, 11) is 0. The third-order valence-electron chi connectivity index (χ3n) is 5.68. The zero-order valence-electron chi connectivity index (χ0n) is 18.1. The molecule has 158 valence electrons. The van der Waals surface area contributed by atoms with E-state index in [0.29, 0.717) is 28.1 Å². The lowest BCUT2D eigenvalue weighted by atomic mass is 9.98. The number of oxazole rings is 1. The average Bonchev–Trinajstić information content (AvgIpc) is 3.18. The van der Waals surface area contributed by atoms with E-state index in [1.165, 1.54) is 5.56 Å². The van der Waals surface area contributed by atoms with Gasteiger partial charge in [0.2, 0.25) is 5.89 Å². The monoisotopic (exact) mass is 432 g/mol. The summed E-state index contributed by atoms with van der Waals surface area (Å²) in [6, 6.07) is 17.2. The van der Waals surface area contributed by atoms with E-state index in [9.17, 15) is 4.79 Å². The molecule has 1 N–H and O–H groups in total. The van der Waals surface area contributed by atoms with Crippen molar-refractivity contribution in [1.82, 2.24) is 4.98 Å². The molecule has 0 bridgehead atoms. The van der Waals surface area contributed by atoms with Crippen LogP contribution in [0.2, 0.25) is 5.02 Å². The Morgan fingerprint density at radius 2 is 1.90 bits per heavy atom. The van der Waals surface area contributed by atoms with E-state index in [1.807, 2.05) is 44.2 Å². The lowest BCUT2D eigenvalue weighted by molar-refractivity contribution is 0.102. The Kier molecular flexibility index (Phi) is 5.84. The van der Waals surface area contributed by atoms with E-state index >= 15 is 0 Å². The molecule has 0 unspecified atom stereocenters. The van der Waals surface area contributed by atoms with Crippen LogP contribution in [0.1, 0.15) is 53.2 Å². The third kappa shape index (κ3) is 4.35. The standard InChI is InChI=1S/C26H25ClN2O2/c1-5-16(3)18-8-11-24-23(13-18)29-26(31-24)19-7-10-21(27)22(14-19)28-25(30)20-9-6-15(2)12-17(20)4/h6-14,16H,5H2,1-4H3,(H,28,30)/t16-/m1/s1. The highest BCUT2D eigenvalue weighted by Crippen LogP contribution is 2.32. The molecule has 1 heterocycles. The van der Waals surface area contributed by atoms with Crippen LogP contribution in [0.15, 0.2) is 59.0 Å². The fourth-order valence-corrected chi connectivity index (χ4v) is 3.79. The maximum Gasteiger partial charge on any atom is 0.255 e. The van der Waals surface area contributed by atoms with Crippen LogP contribution in [0.3, 0.4) is 0 Å². The number of nitrogens with zero attached hydrogens (tertiary/aromatic N) is 1. The predicted octanol–water partition coefficient (Wildman–Crippen LogP) is 7.53. The fraction of sp³-hybridized carbons (Fsp3) is 0.231. The number of anilines is 1. The number of aryl methyl sites for hydroxylation is 2. The van der Waals surface area contributed by atoms with Crippen molar-refractivity contribution < 1.29 is 9.21 Å². The van der Waals surface area contributed by atoms with Gasteiger partial charge in [0, 0.05) is 11.1 Å². The van der Waals surface area contributed by atoms with E-state index in [1.54, 1.807) is 12.1 Å². The molecule has 0 spiro atoms. The van der Waals surface area contributed by atoms with Crippen molar-refractivity contribution in [1.29, 1.82) is 0 Å². The molecule has 0 aliphatic rings. The molecule has 3 aromatic carbocycles. The molecule has 1 amide bonds. The number of hydrogen-bond acceptors (Lipinski definition) is 3. The minimum absolute atomic E-state index is 0.202. The first-order valence-corrected chi connectivity index (χ1v) is 10.8. The highest BCUT2D eigenvalue weighted by atomic mass is 35.5.